The lowest BCUT2D eigenvalue weighted by Crippen LogP contribution is -2.34. The van der Waals surface area contributed by atoms with E-state index in [1.165, 1.54) is 18.7 Å². The number of rotatable bonds is 5. The molecule has 0 saturated heterocycles. The number of benzene rings is 2. The van der Waals surface area contributed by atoms with Gasteiger partial charge in [-0.1, -0.05) is 29.8 Å². The Morgan fingerprint density at radius 3 is 2.52 bits per heavy atom. The summed E-state index contributed by atoms with van der Waals surface area (Å²) >= 11 is 1.32. The van der Waals surface area contributed by atoms with Gasteiger partial charge in [0.1, 0.15) is 0 Å². The van der Waals surface area contributed by atoms with Crippen LogP contribution < -0.4 is 10.6 Å². The van der Waals surface area contributed by atoms with E-state index < -0.39 is 23.2 Å². The predicted molar refractivity (Wildman–Crippen MR) is 114 cm³/mol. The molecule has 2 aromatic carbocycles. The molecular weight excluding hydrogens is 388 g/mol. The van der Waals surface area contributed by atoms with Crippen LogP contribution in [0.4, 0.5) is 11.4 Å². The highest BCUT2D eigenvalue weighted by molar-refractivity contribution is 8.01. The average Bonchev–Trinajstić information content (AvgIpc) is 2.64. The van der Waals surface area contributed by atoms with Gasteiger partial charge in [0.2, 0.25) is 5.91 Å². The summed E-state index contributed by atoms with van der Waals surface area (Å²) in [7, 11) is 0. The summed E-state index contributed by atoms with van der Waals surface area (Å²) in [6.07, 6.45) is -1.07. The van der Waals surface area contributed by atoms with Crippen molar-refractivity contribution in [1.29, 1.82) is 0 Å². The molecule has 29 heavy (non-hydrogen) atoms. The zero-order valence-corrected chi connectivity index (χ0v) is 17.7. The van der Waals surface area contributed by atoms with Crippen molar-refractivity contribution in [3.8, 4) is 0 Å². The van der Waals surface area contributed by atoms with Gasteiger partial charge in [-0.3, -0.25) is 14.4 Å². The Bertz CT molecular complexity index is 950. The Balaban J connectivity index is 1.58. The topological polar surface area (TPSA) is 84.5 Å². The number of ether oxygens (including phenoxy) is 1. The molecule has 1 heterocycles. The van der Waals surface area contributed by atoms with Gasteiger partial charge in [0.05, 0.1) is 17.4 Å². The zero-order valence-electron chi connectivity index (χ0n) is 16.9. The van der Waals surface area contributed by atoms with Gasteiger partial charge in [0, 0.05) is 10.6 Å². The number of fused-ring (bicyclic) bond motifs is 1. The van der Waals surface area contributed by atoms with E-state index in [0.29, 0.717) is 0 Å². The number of amides is 2. The second-order valence-electron chi connectivity index (χ2n) is 7.19. The Morgan fingerprint density at radius 1 is 1.17 bits per heavy atom. The summed E-state index contributed by atoms with van der Waals surface area (Å²) in [5.41, 5.74) is 4.47. The van der Waals surface area contributed by atoms with Gasteiger partial charge in [-0.25, -0.2) is 0 Å². The number of aryl methyl sites for hydroxylation is 3. The third kappa shape index (κ3) is 4.98. The van der Waals surface area contributed by atoms with E-state index in [9.17, 15) is 14.4 Å². The Morgan fingerprint density at radius 2 is 1.83 bits per heavy atom. The highest BCUT2D eigenvalue weighted by atomic mass is 32.2. The van der Waals surface area contributed by atoms with Gasteiger partial charge in [-0.05, 0) is 51.0 Å². The first-order chi connectivity index (χ1) is 13.7. The van der Waals surface area contributed by atoms with E-state index in [2.05, 4.69) is 10.6 Å². The van der Waals surface area contributed by atoms with Gasteiger partial charge in [-0.15, -0.1) is 11.8 Å². The van der Waals surface area contributed by atoms with E-state index in [1.54, 1.807) is 0 Å². The van der Waals surface area contributed by atoms with Gasteiger partial charge in [0.15, 0.2) is 6.10 Å². The van der Waals surface area contributed by atoms with Crippen LogP contribution in [-0.2, 0) is 19.1 Å². The third-order valence-electron chi connectivity index (χ3n) is 4.66. The van der Waals surface area contributed by atoms with Crippen LogP contribution in [0.15, 0.2) is 41.3 Å². The maximum Gasteiger partial charge on any atom is 0.308 e. The summed E-state index contributed by atoms with van der Waals surface area (Å²) in [6, 6.07) is 11.4. The quantitative estimate of drug-likeness (QED) is 0.726. The molecule has 2 N–H and O–H groups in total. The fourth-order valence-electron chi connectivity index (χ4n) is 3.28. The van der Waals surface area contributed by atoms with Crippen LogP contribution in [0.1, 0.15) is 30.0 Å². The maximum atomic E-state index is 12.5. The first-order valence-electron chi connectivity index (χ1n) is 9.39. The predicted octanol–water partition coefficient (Wildman–Crippen LogP) is 3.99. The molecule has 0 aromatic heterocycles. The van der Waals surface area contributed by atoms with Crippen LogP contribution in [0.2, 0.25) is 0 Å². The van der Waals surface area contributed by atoms with Crippen molar-refractivity contribution < 1.29 is 19.1 Å². The fraction of sp³-hybridized carbons (Fsp3) is 0.318. The van der Waals surface area contributed by atoms with Gasteiger partial charge < -0.3 is 15.4 Å². The molecule has 0 spiro atoms. The van der Waals surface area contributed by atoms with E-state index in [4.69, 9.17) is 4.74 Å². The second kappa shape index (κ2) is 8.69. The van der Waals surface area contributed by atoms with E-state index in [0.717, 1.165) is 33.0 Å². The lowest BCUT2D eigenvalue weighted by molar-refractivity contribution is -0.153. The van der Waals surface area contributed by atoms with Crippen molar-refractivity contribution in [3.05, 3.63) is 53.1 Å². The summed E-state index contributed by atoms with van der Waals surface area (Å²) < 4.78 is 5.28. The molecule has 1 aliphatic rings. The van der Waals surface area contributed by atoms with Crippen molar-refractivity contribution in [2.45, 2.75) is 50.4 Å². The standard InChI is InChI=1S/C22H24N2O4S/c1-12-9-13(2)20(14(3)10-12)24-21(26)15(4)28-19(25)11-18-22(27)23-16-7-5-6-8-17(16)29-18/h5-10,15,18H,11H2,1-4H3,(H,23,27)(H,24,26)/t15-,18-/m1/s1. The van der Waals surface area contributed by atoms with E-state index in [1.807, 2.05) is 57.2 Å². The van der Waals surface area contributed by atoms with Crippen LogP contribution in [0, 0.1) is 20.8 Å². The highest BCUT2D eigenvalue weighted by Crippen LogP contribution is 2.36. The maximum absolute atomic E-state index is 12.5. The summed E-state index contributed by atoms with van der Waals surface area (Å²) in [4.78, 5) is 37.9. The molecule has 7 heteroatoms. The van der Waals surface area contributed by atoms with Crippen molar-refractivity contribution in [2.24, 2.45) is 0 Å². The van der Waals surface area contributed by atoms with Crippen molar-refractivity contribution in [3.63, 3.8) is 0 Å². The molecule has 1 aliphatic heterocycles. The van der Waals surface area contributed by atoms with Crippen LogP contribution in [0.25, 0.3) is 0 Å². The third-order valence-corrected chi connectivity index (χ3v) is 5.94. The number of anilines is 2. The van der Waals surface area contributed by atoms with Crippen molar-refractivity contribution in [1.82, 2.24) is 0 Å². The zero-order chi connectivity index (χ0) is 21.1. The van der Waals surface area contributed by atoms with Crippen molar-refractivity contribution in [2.75, 3.05) is 10.6 Å². The summed E-state index contributed by atoms with van der Waals surface area (Å²) in [5.74, 6) is -1.23. The molecule has 3 rings (SSSR count). The minimum Gasteiger partial charge on any atom is -0.452 e. The van der Waals surface area contributed by atoms with Crippen LogP contribution >= 0.6 is 11.8 Å². The molecule has 0 fully saturated rings. The molecule has 0 bridgehead atoms. The van der Waals surface area contributed by atoms with E-state index in [-0.39, 0.29) is 12.3 Å². The number of para-hydroxylation sites is 1. The van der Waals surface area contributed by atoms with Crippen molar-refractivity contribution >= 4 is 40.9 Å². The van der Waals surface area contributed by atoms with Gasteiger partial charge in [0.25, 0.3) is 5.91 Å². The summed E-state index contributed by atoms with van der Waals surface area (Å²) in [6.45, 7) is 7.36. The number of carbonyl (C=O) groups is 3. The Hall–Kier alpha value is -2.80. The molecule has 0 radical (unpaired) electrons. The fourth-order valence-corrected chi connectivity index (χ4v) is 4.37. The molecule has 2 aromatic rings. The number of thioether (sulfide) groups is 1. The number of hydrogen-bond donors (Lipinski definition) is 2. The monoisotopic (exact) mass is 412 g/mol. The number of hydrogen-bond acceptors (Lipinski definition) is 5. The molecule has 0 unspecified atom stereocenters. The molecule has 6 nitrogen and oxygen atoms in total. The minimum absolute atomic E-state index is 0.106. The van der Waals surface area contributed by atoms with E-state index >= 15 is 0 Å². The highest BCUT2D eigenvalue weighted by Gasteiger charge is 2.30. The van der Waals surface area contributed by atoms with Crippen LogP contribution in [0.5, 0.6) is 0 Å². The lowest BCUT2D eigenvalue weighted by Gasteiger charge is -2.24. The minimum atomic E-state index is -0.966. The first kappa shape index (κ1) is 20.9. The normalized spacial score (nSPS) is 16.4. The van der Waals surface area contributed by atoms with Gasteiger partial charge in [-0.2, -0.15) is 0 Å². The molecule has 2 amide bonds. The average molecular weight is 413 g/mol. The number of nitrogens with one attached hydrogen (secondary N) is 2. The molecular formula is C22H24N2O4S. The summed E-state index contributed by atoms with van der Waals surface area (Å²) in [5, 5.41) is 5.04. The lowest BCUT2D eigenvalue weighted by atomic mass is 10.0. The number of carbonyl (C=O) groups excluding carboxylic acids is 3. The van der Waals surface area contributed by atoms with Crippen LogP contribution in [0.3, 0.4) is 0 Å². The molecule has 2 atom stereocenters. The Kier molecular flexibility index (Phi) is 6.27. The second-order valence-corrected chi connectivity index (χ2v) is 8.44. The SMILES string of the molecule is Cc1cc(C)c(NC(=O)[C@@H](C)OC(=O)C[C@H]2Sc3ccccc3NC2=O)c(C)c1. The first-order valence-corrected chi connectivity index (χ1v) is 10.3. The smallest absolute Gasteiger partial charge is 0.308 e. The molecule has 152 valence electrons. The Labute approximate surface area is 174 Å². The molecule has 0 saturated carbocycles. The van der Waals surface area contributed by atoms with Gasteiger partial charge >= 0.3 is 5.97 Å². The van der Waals surface area contributed by atoms with Crippen LogP contribution in [-0.4, -0.2) is 29.1 Å². The molecule has 0 aliphatic carbocycles. The number of esters is 1. The largest absolute Gasteiger partial charge is 0.452 e.